The van der Waals surface area contributed by atoms with Crippen molar-refractivity contribution in [2.45, 2.75) is 39.7 Å². The van der Waals surface area contributed by atoms with Crippen molar-refractivity contribution in [1.29, 1.82) is 0 Å². The number of nitrogens with zero attached hydrogens (tertiary/aromatic N) is 1. The lowest BCUT2D eigenvalue weighted by molar-refractivity contribution is -0.140. The van der Waals surface area contributed by atoms with E-state index in [0.717, 1.165) is 0 Å². The number of alkyl halides is 1. The van der Waals surface area contributed by atoms with E-state index in [2.05, 4.69) is 20.7 Å². The molecule has 1 N–H and O–H groups in total. The summed E-state index contributed by atoms with van der Waals surface area (Å²) >= 11 is 2.94. The maximum atomic E-state index is 12.0. The van der Waals surface area contributed by atoms with E-state index in [1.807, 2.05) is 25.7 Å². The van der Waals surface area contributed by atoms with Gasteiger partial charge in [-0.15, -0.1) is 0 Å². The number of piperidine rings is 1. The Morgan fingerprint density at radius 3 is 2.22 bits per heavy atom. The minimum Gasteiger partial charge on any atom is -0.342 e. The minimum absolute atomic E-state index is 0.0587. The van der Waals surface area contributed by atoms with Crippen molar-refractivity contribution < 1.29 is 13.2 Å². The standard InChI is InChI=1S/C11H21BrN2O3S/c1-11(2,3)10(15)14-6-4-9(5-7-14)13-18(16,17)8-12/h9,13H,4-8H2,1-3H3. The van der Waals surface area contributed by atoms with Gasteiger partial charge in [0.1, 0.15) is 4.66 Å². The summed E-state index contributed by atoms with van der Waals surface area (Å²) in [6.45, 7) is 6.93. The van der Waals surface area contributed by atoms with Gasteiger partial charge in [0.15, 0.2) is 0 Å². The summed E-state index contributed by atoms with van der Waals surface area (Å²) in [5.74, 6) is 0.129. The van der Waals surface area contributed by atoms with Crippen molar-refractivity contribution >= 4 is 31.9 Å². The Labute approximate surface area is 117 Å². The van der Waals surface area contributed by atoms with Gasteiger partial charge in [0, 0.05) is 24.5 Å². The Kier molecular flexibility index (Phi) is 5.20. The van der Waals surface area contributed by atoms with Gasteiger partial charge in [0.25, 0.3) is 0 Å². The van der Waals surface area contributed by atoms with E-state index in [1.165, 1.54) is 0 Å². The van der Waals surface area contributed by atoms with Gasteiger partial charge in [-0.1, -0.05) is 36.7 Å². The first-order chi connectivity index (χ1) is 8.15. The van der Waals surface area contributed by atoms with E-state index in [4.69, 9.17) is 0 Å². The van der Waals surface area contributed by atoms with Crippen molar-refractivity contribution in [1.82, 2.24) is 9.62 Å². The van der Waals surface area contributed by atoms with Crippen LogP contribution in [0.25, 0.3) is 0 Å². The largest absolute Gasteiger partial charge is 0.342 e. The summed E-state index contributed by atoms with van der Waals surface area (Å²) in [7, 11) is -3.22. The Morgan fingerprint density at radius 2 is 1.83 bits per heavy atom. The molecule has 1 aliphatic rings. The van der Waals surface area contributed by atoms with Crippen LogP contribution < -0.4 is 4.72 Å². The molecule has 0 radical (unpaired) electrons. The second-order valence-electron chi connectivity index (χ2n) is 5.66. The molecule has 0 aromatic rings. The van der Waals surface area contributed by atoms with E-state index in [1.54, 1.807) is 0 Å². The van der Waals surface area contributed by atoms with Gasteiger partial charge in [-0.25, -0.2) is 13.1 Å². The maximum absolute atomic E-state index is 12.0. The van der Waals surface area contributed by atoms with Crippen LogP contribution in [0.2, 0.25) is 0 Å². The molecular formula is C11H21BrN2O3S. The Hall–Kier alpha value is -0.140. The van der Waals surface area contributed by atoms with E-state index in [0.29, 0.717) is 25.9 Å². The van der Waals surface area contributed by atoms with Crippen LogP contribution in [0.4, 0.5) is 0 Å². The predicted molar refractivity (Wildman–Crippen MR) is 74.9 cm³/mol. The third-order valence-corrected chi connectivity index (χ3v) is 5.70. The maximum Gasteiger partial charge on any atom is 0.227 e. The molecule has 106 valence electrons. The Balaban J connectivity index is 2.50. The molecule has 1 saturated heterocycles. The molecule has 0 aromatic carbocycles. The molecule has 0 unspecified atom stereocenters. The lowest BCUT2D eigenvalue weighted by Crippen LogP contribution is -2.49. The number of sulfonamides is 1. The molecule has 1 aliphatic heterocycles. The summed E-state index contributed by atoms with van der Waals surface area (Å²) < 4.78 is 25.4. The lowest BCUT2D eigenvalue weighted by atomic mass is 9.93. The lowest BCUT2D eigenvalue weighted by Gasteiger charge is -2.35. The highest BCUT2D eigenvalue weighted by atomic mass is 79.9. The average Bonchev–Trinajstić information content (AvgIpc) is 2.27. The summed E-state index contributed by atoms with van der Waals surface area (Å²) in [5.41, 5.74) is -0.373. The Bertz CT molecular complexity index is 395. The second-order valence-corrected chi connectivity index (χ2v) is 8.72. The van der Waals surface area contributed by atoms with Crippen LogP contribution in [-0.4, -0.2) is 43.0 Å². The van der Waals surface area contributed by atoms with Gasteiger partial charge in [-0.05, 0) is 12.8 Å². The fourth-order valence-electron chi connectivity index (χ4n) is 1.96. The number of carbonyl (C=O) groups is 1. The van der Waals surface area contributed by atoms with Gasteiger partial charge >= 0.3 is 0 Å². The number of amides is 1. The number of likely N-dealkylation sites (tertiary alicyclic amines) is 1. The van der Waals surface area contributed by atoms with Crippen LogP contribution in [-0.2, 0) is 14.8 Å². The summed E-state index contributed by atoms with van der Waals surface area (Å²) in [6.07, 6.45) is 1.35. The fraction of sp³-hybridized carbons (Fsp3) is 0.909. The third kappa shape index (κ3) is 4.51. The van der Waals surface area contributed by atoms with Crippen LogP contribution in [0.1, 0.15) is 33.6 Å². The number of nitrogens with one attached hydrogen (secondary N) is 1. The molecule has 0 atom stereocenters. The van der Waals surface area contributed by atoms with Crippen molar-refractivity contribution in [2.24, 2.45) is 5.41 Å². The topological polar surface area (TPSA) is 66.5 Å². The quantitative estimate of drug-likeness (QED) is 0.787. The molecule has 18 heavy (non-hydrogen) atoms. The molecular weight excluding hydrogens is 320 g/mol. The summed E-state index contributed by atoms with van der Waals surface area (Å²) in [5, 5.41) is 0. The molecule has 0 spiro atoms. The van der Waals surface area contributed by atoms with Crippen LogP contribution in [0.3, 0.4) is 0 Å². The van der Waals surface area contributed by atoms with Crippen molar-refractivity contribution in [2.75, 3.05) is 17.8 Å². The smallest absolute Gasteiger partial charge is 0.227 e. The highest BCUT2D eigenvalue weighted by Crippen LogP contribution is 2.21. The van der Waals surface area contributed by atoms with Crippen LogP contribution in [0.15, 0.2) is 0 Å². The monoisotopic (exact) mass is 340 g/mol. The first-order valence-electron chi connectivity index (χ1n) is 6.01. The normalized spacial score (nSPS) is 19.0. The average molecular weight is 341 g/mol. The first kappa shape index (κ1) is 15.9. The molecule has 7 heteroatoms. The zero-order valence-corrected chi connectivity index (χ0v) is 13.5. The second kappa shape index (κ2) is 5.88. The fourth-order valence-corrected chi connectivity index (χ4v) is 3.16. The zero-order valence-electron chi connectivity index (χ0n) is 11.1. The summed E-state index contributed by atoms with van der Waals surface area (Å²) in [4.78, 5) is 13.9. The number of hydrogen-bond acceptors (Lipinski definition) is 3. The first-order valence-corrected chi connectivity index (χ1v) is 8.78. The predicted octanol–water partition coefficient (Wildman–Crippen LogP) is 1.30. The number of rotatable bonds is 3. The highest BCUT2D eigenvalue weighted by Gasteiger charge is 2.31. The van der Waals surface area contributed by atoms with E-state index < -0.39 is 10.0 Å². The number of carbonyl (C=O) groups excluding carboxylic acids is 1. The van der Waals surface area contributed by atoms with Gasteiger partial charge in [-0.3, -0.25) is 4.79 Å². The molecule has 1 amide bonds. The molecule has 5 nitrogen and oxygen atoms in total. The van der Waals surface area contributed by atoms with Gasteiger partial charge in [0.05, 0.1) is 0 Å². The van der Waals surface area contributed by atoms with Crippen molar-refractivity contribution in [3.8, 4) is 0 Å². The molecule has 0 aliphatic carbocycles. The SMILES string of the molecule is CC(C)(C)C(=O)N1CCC(NS(=O)(=O)CBr)CC1. The molecule has 1 rings (SSSR count). The van der Waals surface area contributed by atoms with Gasteiger partial charge in [-0.2, -0.15) is 0 Å². The van der Waals surface area contributed by atoms with Crippen LogP contribution in [0.5, 0.6) is 0 Å². The van der Waals surface area contributed by atoms with Crippen LogP contribution >= 0.6 is 15.9 Å². The molecule has 0 bridgehead atoms. The van der Waals surface area contributed by atoms with Crippen molar-refractivity contribution in [3.05, 3.63) is 0 Å². The third-order valence-electron chi connectivity index (χ3n) is 2.91. The highest BCUT2D eigenvalue weighted by molar-refractivity contribution is 9.10. The van der Waals surface area contributed by atoms with Gasteiger partial charge in [0.2, 0.25) is 15.9 Å². The number of hydrogen-bond donors (Lipinski definition) is 1. The van der Waals surface area contributed by atoms with E-state index >= 15 is 0 Å². The van der Waals surface area contributed by atoms with Gasteiger partial charge < -0.3 is 4.90 Å². The zero-order chi connectivity index (χ0) is 14.0. The van der Waals surface area contributed by atoms with E-state index in [9.17, 15) is 13.2 Å². The van der Waals surface area contributed by atoms with Crippen molar-refractivity contribution in [3.63, 3.8) is 0 Å². The van der Waals surface area contributed by atoms with E-state index in [-0.39, 0.29) is 22.0 Å². The Morgan fingerprint density at radius 1 is 1.33 bits per heavy atom. The summed E-state index contributed by atoms with van der Waals surface area (Å²) in [6, 6.07) is -0.0587. The number of halogens is 1. The molecule has 1 fully saturated rings. The molecule has 1 heterocycles. The van der Waals surface area contributed by atoms with Crippen LogP contribution in [0, 0.1) is 5.41 Å². The molecule has 0 aromatic heterocycles. The molecule has 0 saturated carbocycles. The minimum atomic E-state index is -3.22.